The third kappa shape index (κ3) is 6.24. The zero-order valence-corrected chi connectivity index (χ0v) is 19.8. The lowest BCUT2D eigenvalue weighted by molar-refractivity contribution is 0.288. The van der Waals surface area contributed by atoms with Gasteiger partial charge in [-0.15, -0.1) is 0 Å². The first-order valence-electron chi connectivity index (χ1n) is 12.2. The van der Waals surface area contributed by atoms with Crippen molar-refractivity contribution in [1.82, 2.24) is 15.0 Å². The van der Waals surface area contributed by atoms with E-state index in [1.165, 1.54) is 38.5 Å². The maximum absolute atomic E-state index is 5.71. The van der Waals surface area contributed by atoms with Crippen LogP contribution in [0, 0.1) is 0 Å². The van der Waals surface area contributed by atoms with Crippen LogP contribution >= 0.6 is 0 Å². The van der Waals surface area contributed by atoms with Crippen LogP contribution in [0.3, 0.4) is 0 Å². The minimum absolute atomic E-state index is 0.471. The maximum atomic E-state index is 5.71. The van der Waals surface area contributed by atoms with Gasteiger partial charge in [0.1, 0.15) is 0 Å². The summed E-state index contributed by atoms with van der Waals surface area (Å²) in [5.41, 5.74) is 3.92. The highest BCUT2D eigenvalue weighted by Gasteiger charge is 2.20. The van der Waals surface area contributed by atoms with E-state index in [9.17, 15) is 0 Å². The minimum atomic E-state index is 0.471. The van der Waals surface area contributed by atoms with E-state index in [4.69, 9.17) is 14.5 Å². The van der Waals surface area contributed by atoms with Crippen LogP contribution in [-0.2, 0) is 0 Å². The third-order valence-corrected chi connectivity index (χ3v) is 5.84. The number of anilines is 3. The van der Waals surface area contributed by atoms with Gasteiger partial charge in [0.15, 0.2) is 11.5 Å². The Labute approximate surface area is 196 Å². The Morgan fingerprint density at radius 1 is 0.818 bits per heavy atom. The molecule has 2 aromatic rings. The molecule has 0 radical (unpaired) electrons. The summed E-state index contributed by atoms with van der Waals surface area (Å²) in [5, 5.41) is 4.40. The Balaban J connectivity index is 1.52. The molecule has 2 fully saturated rings. The van der Waals surface area contributed by atoms with Gasteiger partial charge in [0.05, 0.1) is 19.4 Å². The van der Waals surface area contributed by atoms with Crippen LogP contribution in [0.2, 0.25) is 0 Å². The topological polar surface area (TPSA) is 88.0 Å². The number of aromatic nitrogens is 3. The van der Waals surface area contributed by atoms with Gasteiger partial charge in [-0.05, 0) is 76.1 Å². The molecule has 178 valence electrons. The normalized spacial score (nSPS) is 16.8. The van der Waals surface area contributed by atoms with Crippen molar-refractivity contribution >= 4 is 24.1 Å². The summed E-state index contributed by atoms with van der Waals surface area (Å²) in [6, 6.07) is 5.78. The van der Waals surface area contributed by atoms with Gasteiger partial charge >= 0.3 is 0 Å². The fraction of sp³-hybridized carbons (Fsp3) is 0.583. The molecule has 4 rings (SSSR count). The van der Waals surface area contributed by atoms with Gasteiger partial charge in [0, 0.05) is 26.2 Å². The summed E-state index contributed by atoms with van der Waals surface area (Å²) in [5.74, 6) is 3.39. The van der Waals surface area contributed by atoms with Crippen LogP contribution in [0.15, 0.2) is 23.3 Å². The Bertz CT molecular complexity index is 889. The van der Waals surface area contributed by atoms with Crippen molar-refractivity contribution in [3.8, 4) is 11.5 Å². The Hall–Kier alpha value is -3.10. The average Bonchev–Trinajstić information content (AvgIpc) is 2.87. The van der Waals surface area contributed by atoms with E-state index in [-0.39, 0.29) is 0 Å². The lowest BCUT2D eigenvalue weighted by Crippen LogP contribution is -2.34. The van der Waals surface area contributed by atoms with Crippen molar-refractivity contribution in [3.63, 3.8) is 0 Å². The van der Waals surface area contributed by atoms with Gasteiger partial charge in [-0.3, -0.25) is 0 Å². The van der Waals surface area contributed by atoms with Crippen LogP contribution in [0.5, 0.6) is 11.5 Å². The van der Waals surface area contributed by atoms with E-state index in [1.807, 2.05) is 32.0 Å². The first-order chi connectivity index (χ1) is 16.3. The highest BCUT2D eigenvalue weighted by molar-refractivity contribution is 5.81. The molecule has 0 amide bonds. The summed E-state index contributed by atoms with van der Waals surface area (Å²) in [6.07, 6.45) is 8.96. The predicted molar refractivity (Wildman–Crippen MR) is 132 cm³/mol. The second-order valence-electron chi connectivity index (χ2n) is 8.30. The molecule has 0 unspecified atom stereocenters. The summed E-state index contributed by atoms with van der Waals surface area (Å²) in [6.45, 7) is 9.02. The van der Waals surface area contributed by atoms with Crippen molar-refractivity contribution in [2.45, 2.75) is 52.4 Å². The first-order valence-corrected chi connectivity index (χ1v) is 12.2. The van der Waals surface area contributed by atoms with Gasteiger partial charge < -0.3 is 19.3 Å². The molecular formula is C24H35N7O2. The Morgan fingerprint density at radius 2 is 1.39 bits per heavy atom. The molecule has 0 saturated carbocycles. The molecule has 2 aliphatic rings. The molecule has 1 aromatic carbocycles. The molecule has 0 spiro atoms. The van der Waals surface area contributed by atoms with Crippen molar-refractivity contribution in [2.75, 3.05) is 54.6 Å². The van der Waals surface area contributed by atoms with Crippen LogP contribution < -0.4 is 24.7 Å². The van der Waals surface area contributed by atoms with E-state index >= 15 is 0 Å². The molecule has 9 nitrogen and oxygen atoms in total. The maximum Gasteiger partial charge on any atom is 0.250 e. The van der Waals surface area contributed by atoms with Gasteiger partial charge in [0.2, 0.25) is 17.8 Å². The lowest BCUT2D eigenvalue weighted by atomic mass is 10.1. The first kappa shape index (κ1) is 23.1. The smallest absolute Gasteiger partial charge is 0.250 e. The molecule has 3 heterocycles. The standard InChI is InChI=1S/C24H35N7O2/c1-3-32-20-12-11-19(17-21(20)33-4-2)18-25-29-22-26-23(30-13-7-5-8-14-30)28-24(27-22)31-15-9-6-10-16-31/h11-12,17-18H,3-10,13-16H2,1-2H3,(H,26,27,28,29)/b25-18-. The van der Waals surface area contributed by atoms with Gasteiger partial charge in [-0.25, -0.2) is 5.43 Å². The zero-order valence-electron chi connectivity index (χ0n) is 19.8. The van der Waals surface area contributed by atoms with E-state index in [1.54, 1.807) is 6.21 Å². The highest BCUT2D eigenvalue weighted by Crippen LogP contribution is 2.28. The number of rotatable bonds is 9. The predicted octanol–water partition coefficient (Wildman–Crippen LogP) is 4.10. The number of piperidine rings is 2. The molecular weight excluding hydrogens is 418 g/mol. The molecule has 2 aliphatic heterocycles. The SMILES string of the molecule is CCOc1ccc(/C=N\Nc2nc(N3CCCCC3)nc(N3CCCCC3)n2)cc1OCC. The number of hydrogen-bond donors (Lipinski definition) is 1. The van der Waals surface area contributed by atoms with Crippen molar-refractivity contribution < 1.29 is 9.47 Å². The summed E-state index contributed by atoms with van der Waals surface area (Å²) in [4.78, 5) is 18.7. The monoisotopic (exact) mass is 453 g/mol. The summed E-state index contributed by atoms with van der Waals surface area (Å²) < 4.78 is 11.3. The number of nitrogens with one attached hydrogen (secondary N) is 1. The summed E-state index contributed by atoms with van der Waals surface area (Å²) in [7, 11) is 0. The molecule has 0 atom stereocenters. The van der Waals surface area contributed by atoms with E-state index in [2.05, 4.69) is 30.3 Å². The third-order valence-electron chi connectivity index (χ3n) is 5.84. The second kappa shape index (κ2) is 11.7. The van der Waals surface area contributed by atoms with Gasteiger partial charge in [-0.1, -0.05) is 0 Å². The fourth-order valence-corrected chi connectivity index (χ4v) is 4.19. The van der Waals surface area contributed by atoms with Crippen molar-refractivity contribution in [3.05, 3.63) is 23.8 Å². The largest absolute Gasteiger partial charge is 0.490 e. The van der Waals surface area contributed by atoms with Crippen LogP contribution in [0.25, 0.3) is 0 Å². The number of nitrogens with zero attached hydrogens (tertiary/aromatic N) is 6. The molecule has 1 aromatic heterocycles. The Kier molecular flexibility index (Phi) is 8.16. The van der Waals surface area contributed by atoms with Gasteiger partial charge in [0.25, 0.3) is 0 Å². The van der Waals surface area contributed by atoms with E-state index < -0.39 is 0 Å². The zero-order chi connectivity index (χ0) is 22.9. The molecule has 9 heteroatoms. The number of hydrogen-bond acceptors (Lipinski definition) is 9. The van der Waals surface area contributed by atoms with Crippen molar-refractivity contribution in [1.29, 1.82) is 0 Å². The van der Waals surface area contributed by atoms with Crippen molar-refractivity contribution in [2.24, 2.45) is 5.10 Å². The number of hydrazone groups is 1. The fourth-order valence-electron chi connectivity index (χ4n) is 4.19. The number of ether oxygens (including phenoxy) is 2. The average molecular weight is 454 g/mol. The molecule has 2 saturated heterocycles. The van der Waals surface area contributed by atoms with Crippen LogP contribution in [0.1, 0.15) is 57.9 Å². The van der Waals surface area contributed by atoms with Gasteiger partial charge in [-0.2, -0.15) is 20.1 Å². The Morgan fingerprint density at radius 3 is 1.97 bits per heavy atom. The van der Waals surface area contributed by atoms with E-state index in [0.717, 1.165) is 49.4 Å². The summed E-state index contributed by atoms with van der Waals surface area (Å²) >= 11 is 0. The highest BCUT2D eigenvalue weighted by atomic mass is 16.5. The molecule has 1 N–H and O–H groups in total. The molecule has 0 aliphatic carbocycles. The second-order valence-corrected chi connectivity index (χ2v) is 8.30. The van der Waals surface area contributed by atoms with E-state index in [0.29, 0.717) is 24.9 Å². The quantitative estimate of drug-likeness (QED) is 0.449. The molecule has 0 bridgehead atoms. The molecule has 33 heavy (non-hydrogen) atoms. The number of benzene rings is 1. The lowest BCUT2D eigenvalue weighted by Gasteiger charge is -2.30. The minimum Gasteiger partial charge on any atom is -0.490 e. The van der Waals surface area contributed by atoms with Crippen LogP contribution in [0.4, 0.5) is 17.8 Å². The van der Waals surface area contributed by atoms with Crippen LogP contribution in [-0.4, -0.2) is 60.6 Å².